The third-order valence-corrected chi connectivity index (χ3v) is 2.40. The first-order valence-corrected chi connectivity index (χ1v) is 5.07. The molecule has 1 aromatic carbocycles. The quantitative estimate of drug-likeness (QED) is 0.790. The highest BCUT2D eigenvalue weighted by Crippen LogP contribution is 2.35. The van der Waals surface area contributed by atoms with Crippen LogP contribution in [0.4, 0.5) is 13.2 Å². The van der Waals surface area contributed by atoms with Crippen LogP contribution in [0.15, 0.2) is 39.4 Å². The van der Waals surface area contributed by atoms with E-state index < -0.39 is 12.1 Å². The zero-order chi connectivity index (χ0) is 11.8. The summed E-state index contributed by atoms with van der Waals surface area (Å²) in [6.45, 7) is 0. The lowest BCUT2D eigenvalue weighted by atomic mass is 10.2. The monoisotopic (exact) mass is 291 g/mol. The Morgan fingerprint density at radius 1 is 1.12 bits per heavy atom. The Bertz CT molecular complexity index is 493. The molecule has 1 heterocycles. The molecule has 0 amide bonds. The third kappa shape index (κ3) is 2.11. The zero-order valence-corrected chi connectivity index (χ0v) is 9.34. The molecule has 0 spiro atoms. The van der Waals surface area contributed by atoms with Crippen LogP contribution < -0.4 is 0 Å². The molecule has 0 unspecified atom stereocenters. The molecule has 1 aromatic heterocycles. The molecule has 2 nitrogen and oxygen atoms in total. The van der Waals surface area contributed by atoms with Crippen molar-refractivity contribution in [3.63, 3.8) is 0 Å². The largest absolute Gasteiger partial charge is 0.468 e. The second kappa shape index (κ2) is 3.93. The Kier molecular flexibility index (Phi) is 2.75. The zero-order valence-electron chi connectivity index (χ0n) is 7.75. The van der Waals surface area contributed by atoms with Crippen LogP contribution in [0.5, 0.6) is 0 Å². The van der Waals surface area contributed by atoms with E-state index in [1.807, 2.05) is 0 Å². The fourth-order valence-electron chi connectivity index (χ4n) is 1.19. The Morgan fingerprint density at radius 2 is 1.75 bits per heavy atom. The molecule has 2 aromatic rings. The predicted octanol–water partition coefficient (Wildman–Crippen LogP) is 4.12. The van der Waals surface area contributed by atoms with E-state index in [0.29, 0.717) is 5.56 Å². The third-order valence-electron chi connectivity index (χ3n) is 1.86. The molecule has 0 radical (unpaired) electrons. The minimum atomic E-state index is -4.57. The molecule has 0 aliphatic carbocycles. The van der Waals surface area contributed by atoms with Gasteiger partial charge in [0.1, 0.15) is 0 Å². The number of aromatic nitrogens is 1. The lowest BCUT2D eigenvalue weighted by Gasteiger charge is -1.98. The number of benzene rings is 1. The minimum Gasteiger partial charge on any atom is -0.432 e. The van der Waals surface area contributed by atoms with Crippen LogP contribution in [0.1, 0.15) is 5.89 Å². The van der Waals surface area contributed by atoms with Gasteiger partial charge in [0, 0.05) is 5.56 Å². The Morgan fingerprint density at radius 3 is 2.25 bits per heavy atom. The average molecular weight is 292 g/mol. The van der Waals surface area contributed by atoms with E-state index in [-0.39, 0.29) is 10.4 Å². The van der Waals surface area contributed by atoms with Gasteiger partial charge in [0.15, 0.2) is 10.4 Å². The molecular formula is C10H5BrF3NO. The molecule has 6 heteroatoms. The van der Waals surface area contributed by atoms with Crippen molar-refractivity contribution >= 4 is 15.9 Å². The molecule has 2 rings (SSSR count). The van der Waals surface area contributed by atoms with Crippen LogP contribution in [-0.2, 0) is 6.18 Å². The lowest BCUT2D eigenvalue weighted by molar-refractivity contribution is -0.156. The van der Waals surface area contributed by atoms with Crippen LogP contribution in [0.3, 0.4) is 0 Å². The summed E-state index contributed by atoms with van der Waals surface area (Å²) < 4.78 is 41.7. The van der Waals surface area contributed by atoms with E-state index in [1.54, 1.807) is 30.3 Å². The topological polar surface area (TPSA) is 26.0 Å². The van der Waals surface area contributed by atoms with Crippen molar-refractivity contribution in [2.75, 3.05) is 0 Å². The highest BCUT2D eigenvalue weighted by molar-refractivity contribution is 9.10. The van der Waals surface area contributed by atoms with Crippen molar-refractivity contribution in [2.45, 2.75) is 6.18 Å². The Balaban J connectivity index is 2.48. The fraction of sp³-hybridized carbons (Fsp3) is 0.100. The van der Waals surface area contributed by atoms with Crippen LogP contribution in [-0.4, -0.2) is 4.98 Å². The van der Waals surface area contributed by atoms with E-state index in [4.69, 9.17) is 0 Å². The Hall–Kier alpha value is -1.30. The van der Waals surface area contributed by atoms with E-state index in [1.165, 1.54) is 0 Å². The number of nitrogens with zero attached hydrogens (tertiary/aromatic N) is 1. The van der Waals surface area contributed by atoms with Gasteiger partial charge in [-0.3, -0.25) is 0 Å². The van der Waals surface area contributed by atoms with Gasteiger partial charge in [0.25, 0.3) is 0 Å². The highest BCUT2D eigenvalue weighted by atomic mass is 79.9. The summed E-state index contributed by atoms with van der Waals surface area (Å²) in [5, 5.41) is 0. The van der Waals surface area contributed by atoms with Gasteiger partial charge in [-0.1, -0.05) is 30.3 Å². The maximum absolute atomic E-state index is 12.3. The van der Waals surface area contributed by atoms with E-state index in [9.17, 15) is 13.2 Å². The molecule has 0 saturated heterocycles. The molecule has 84 valence electrons. The molecule has 0 fully saturated rings. The molecule has 0 saturated carbocycles. The number of rotatable bonds is 1. The van der Waals surface area contributed by atoms with Crippen molar-refractivity contribution in [3.05, 3.63) is 40.8 Å². The highest BCUT2D eigenvalue weighted by Gasteiger charge is 2.38. The maximum atomic E-state index is 12.3. The van der Waals surface area contributed by atoms with Gasteiger partial charge in [-0.2, -0.15) is 18.2 Å². The van der Waals surface area contributed by atoms with Gasteiger partial charge < -0.3 is 4.42 Å². The van der Waals surface area contributed by atoms with Gasteiger partial charge >= 0.3 is 12.1 Å². The van der Waals surface area contributed by atoms with Crippen LogP contribution in [0.2, 0.25) is 0 Å². The normalized spacial score (nSPS) is 11.8. The first kappa shape index (κ1) is 11.2. The summed E-state index contributed by atoms with van der Waals surface area (Å²) >= 11 is 2.94. The number of alkyl halides is 3. The summed E-state index contributed by atoms with van der Waals surface area (Å²) in [5.74, 6) is -1.17. The number of halogens is 4. The van der Waals surface area contributed by atoms with Crippen LogP contribution in [0, 0.1) is 0 Å². The number of oxazole rings is 1. The van der Waals surface area contributed by atoms with E-state index in [2.05, 4.69) is 25.3 Å². The second-order valence-electron chi connectivity index (χ2n) is 3.00. The van der Waals surface area contributed by atoms with Gasteiger partial charge in [-0.05, 0) is 15.9 Å². The van der Waals surface area contributed by atoms with Crippen LogP contribution >= 0.6 is 15.9 Å². The molecule has 0 aliphatic heterocycles. The molecule has 0 bridgehead atoms. The SMILES string of the molecule is FC(F)(F)c1nc(Br)c(-c2ccccc2)o1. The van der Waals surface area contributed by atoms with Gasteiger partial charge in [0.2, 0.25) is 0 Å². The first-order valence-electron chi connectivity index (χ1n) is 4.27. The first-order chi connectivity index (χ1) is 7.48. The fourth-order valence-corrected chi connectivity index (χ4v) is 1.66. The van der Waals surface area contributed by atoms with Gasteiger partial charge in [-0.25, -0.2) is 0 Å². The van der Waals surface area contributed by atoms with Crippen molar-refractivity contribution < 1.29 is 17.6 Å². The number of hydrogen-bond acceptors (Lipinski definition) is 2. The number of hydrogen-bond donors (Lipinski definition) is 0. The molecule has 0 atom stereocenters. The molecule has 0 N–H and O–H groups in total. The maximum Gasteiger partial charge on any atom is 0.468 e. The van der Waals surface area contributed by atoms with Crippen molar-refractivity contribution in [1.29, 1.82) is 0 Å². The van der Waals surface area contributed by atoms with Gasteiger partial charge in [-0.15, -0.1) is 0 Å². The molecule has 0 aliphatic rings. The van der Waals surface area contributed by atoms with Crippen molar-refractivity contribution in [1.82, 2.24) is 4.98 Å². The second-order valence-corrected chi connectivity index (χ2v) is 3.75. The summed E-state index contributed by atoms with van der Waals surface area (Å²) in [4.78, 5) is 3.28. The standard InChI is InChI=1S/C10H5BrF3NO/c11-8-7(6-4-2-1-3-5-6)16-9(15-8)10(12,13)14/h1-5H. The average Bonchev–Trinajstić information content (AvgIpc) is 2.61. The van der Waals surface area contributed by atoms with E-state index >= 15 is 0 Å². The minimum absolute atomic E-state index is 0.0472. The summed E-state index contributed by atoms with van der Waals surface area (Å²) in [5.41, 5.74) is 0.539. The summed E-state index contributed by atoms with van der Waals surface area (Å²) in [6.07, 6.45) is -4.57. The smallest absolute Gasteiger partial charge is 0.432 e. The van der Waals surface area contributed by atoms with Crippen molar-refractivity contribution in [2.24, 2.45) is 0 Å². The molecule has 16 heavy (non-hydrogen) atoms. The van der Waals surface area contributed by atoms with Gasteiger partial charge in [0.05, 0.1) is 0 Å². The summed E-state index contributed by atoms with van der Waals surface area (Å²) in [7, 11) is 0. The summed E-state index contributed by atoms with van der Waals surface area (Å²) in [6, 6.07) is 8.46. The van der Waals surface area contributed by atoms with E-state index in [0.717, 1.165) is 0 Å². The van der Waals surface area contributed by atoms with Crippen molar-refractivity contribution in [3.8, 4) is 11.3 Å². The van der Waals surface area contributed by atoms with Crippen LogP contribution in [0.25, 0.3) is 11.3 Å². The Labute approximate surface area is 97.2 Å². The predicted molar refractivity (Wildman–Crippen MR) is 54.6 cm³/mol. The lowest BCUT2D eigenvalue weighted by Crippen LogP contribution is -2.04. The molecular weight excluding hydrogens is 287 g/mol.